The van der Waals surface area contributed by atoms with Crippen LogP contribution in [-0.2, 0) is 33.8 Å². The minimum absolute atomic E-state index is 0.00578. The molecule has 0 aromatic heterocycles. The first-order chi connectivity index (χ1) is 35.7. The van der Waals surface area contributed by atoms with Gasteiger partial charge in [-0.05, 0) is 89.3 Å². The van der Waals surface area contributed by atoms with E-state index in [1.165, 1.54) is 18.2 Å². The molecule has 0 radical (unpaired) electrons. The number of hydrogen-bond donors (Lipinski definition) is 2. The average Bonchev–Trinajstić information content (AvgIpc) is 3.35. The van der Waals surface area contributed by atoms with Gasteiger partial charge < -0.3 is 38.9 Å². The largest absolute Gasteiger partial charge is 0.534 e. The summed E-state index contributed by atoms with van der Waals surface area (Å²) in [6, 6.07) is 20.4. The number of halogens is 3. The first-order valence-electron chi connectivity index (χ1n) is 25.2. The molecule has 6 aliphatic rings. The van der Waals surface area contributed by atoms with Gasteiger partial charge in [-0.3, -0.25) is 19.2 Å². The predicted octanol–water partition coefficient (Wildman–Crippen LogP) is 10.3. The van der Waals surface area contributed by atoms with Crippen molar-refractivity contribution < 1.29 is 68.6 Å². The van der Waals surface area contributed by atoms with Gasteiger partial charge in [0.2, 0.25) is 0 Å². The molecule has 2 fully saturated rings. The van der Waals surface area contributed by atoms with Crippen molar-refractivity contribution in [1.29, 1.82) is 0 Å². The molecule has 0 saturated carbocycles. The lowest BCUT2D eigenvalue weighted by Crippen LogP contribution is -2.59. The highest BCUT2D eigenvalue weighted by molar-refractivity contribution is 7.88. The number of ether oxygens (including phenoxy) is 5. The van der Waals surface area contributed by atoms with Crippen LogP contribution in [0.1, 0.15) is 141 Å². The van der Waals surface area contributed by atoms with Gasteiger partial charge in [0.15, 0.2) is 35.2 Å². The fourth-order valence-corrected chi connectivity index (χ4v) is 12.1. The number of benzene rings is 4. The van der Waals surface area contributed by atoms with E-state index >= 15 is 0 Å². The monoisotopic (exact) mass is 1070 g/mol. The van der Waals surface area contributed by atoms with Crippen molar-refractivity contribution in [1.82, 2.24) is 0 Å². The number of fused-ring (bicyclic) bond motifs is 8. The van der Waals surface area contributed by atoms with E-state index < -0.39 is 67.7 Å². The van der Waals surface area contributed by atoms with E-state index in [9.17, 15) is 40.8 Å². The molecule has 0 amide bonds. The molecule has 4 aromatic rings. The fraction of sp³-hybridized carbons (Fsp3) is 0.448. The Bertz CT molecular complexity index is 3120. The second-order valence-electron chi connectivity index (χ2n) is 21.2. The topological polar surface area (TPSA) is 196 Å². The summed E-state index contributed by atoms with van der Waals surface area (Å²) in [5.41, 5.74) is 6.22. The maximum atomic E-state index is 13.9. The van der Waals surface area contributed by atoms with Crippen LogP contribution in [0.5, 0.6) is 5.75 Å². The molecule has 10 rings (SSSR count). The first kappa shape index (κ1) is 56.3. The SMILES string of the molecule is COCO[C@H]1[C@H](C)O[C@@H](C)C[C@@]1(C)Nc1cccc2c1C(=O)C1C=Cc3cc(C)ccc3C1C2=O.CO[C@H]1C[C@@](C)(N)[C@@H](C)[C@H](C)O1.Cc1ccc2c(c1)C=CC1C(=O)c3c(OS(=O)(=O)C(F)(F)F)cccc3C(=O)C21. The molecule has 4 aromatic carbocycles. The van der Waals surface area contributed by atoms with Crippen LogP contribution < -0.4 is 15.2 Å². The Kier molecular flexibility index (Phi) is 16.0. The number of alkyl halides is 3. The number of nitrogens with two attached hydrogens (primary N) is 1. The lowest BCUT2D eigenvalue weighted by molar-refractivity contribution is -0.208. The minimum atomic E-state index is -5.99. The molecule has 4 unspecified atom stereocenters. The van der Waals surface area contributed by atoms with E-state index in [0.717, 1.165) is 40.3 Å². The third-order valence-corrected chi connectivity index (χ3v) is 16.6. The summed E-state index contributed by atoms with van der Waals surface area (Å²) in [6.07, 6.45) is 8.10. The highest BCUT2D eigenvalue weighted by Crippen LogP contribution is 2.48. The summed E-state index contributed by atoms with van der Waals surface area (Å²) in [6.45, 7) is 16.4. The molecule has 406 valence electrons. The molecule has 2 saturated heterocycles. The van der Waals surface area contributed by atoms with Crippen LogP contribution in [0.3, 0.4) is 0 Å². The van der Waals surface area contributed by atoms with E-state index in [2.05, 4.69) is 36.3 Å². The number of carbonyl (C=O) groups is 4. The Balaban J connectivity index is 0.000000168. The van der Waals surface area contributed by atoms with E-state index in [0.29, 0.717) is 34.7 Å². The van der Waals surface area contributed by atoms with Crippen LogP contribution in [0.4, 0.5) is 18.9 Å². The summed E-state index contributed by atoms with van der Waals surface area (Å²) < 4.78 is 93.1. The minimum Gasteiger partial charge on any atom is -0.376 e. The normalized spacial score (nSPS) is 30.2. The number of methoxy groups -OCH3 is 2. The second kappa shape index (κ2) is 21.5. The molecule has 14 nitrogen and oxygen atoms in total. The van der Waals surface area contributed by atoms with E-state index in [4.69, 9.17) is 29.4 Å². The van der Waals surface area contributed by atoms with E-state index in [1.807, 2.05) is 77.1 Å². The Labute approximate surface area is 441 Å². The van der Waals surface area contributed by atoms with Crippen LogP contribution in [0.25, 0.3) is 12.2 Å². The zero-order valence-electron chi connectivity index (χ0n) is 44.2. The van der Waals surface area contributed by atoms with Crippen molar-refractivity contribution in [3.8, 4) is 5.75 Å². The Morgan fingerprint density at radius 1 is 0.724 bits per heavy atom. The van der Waals surface area contributed by atoms with Crippen molar-refractivity contribution in [3.63, 3.8) is 0 Å². The van der Waals surface area contributed by atoms with E-state index in [1.54, 1.807) is 38.5 Å². The van der Waals surface area contributed by atoms with Gasteiger partial charge >= 0.3 is 15.6 Å². The highest BCUT2D eigenvalue weighted by atomic mass is 32.2. The van der Waals surface area contributed by atoms with Gasteiger partial charge in [-0.25, -0.2) is 0 Å². The second-order valence-corrected chi connectivity index (χ2v) is 22.8. The molecule has 0 spiro atoms. The summed E-state index contributed by atoms with van der Waals surface area (Å²) >= 11 is 0. The maximum absolute atomic E-state index is 13.9. The third-order valence-electron chi connectivity index (χ3n) is 15.6. The number of rotatable bonds is 8. The summed E-state index contributed by atoms with van der Waals surface area (Å²) in [5.74, 6) is -4.38. The fourth-order valence-electron chi connectivity index (χ4n) is 11.6. The van der Waals surface area contributed by atoms with Crippen molar-refractivity contribution in [2.45, 2.75) is 127 Å². The van der Waals surface area contributed by atoms with Crippen molar-refractivity contribution in [2.24, 2.45) is 23.5 Å². The molecular formula is C58H65F3N2O12S. The molecule has 4 aliphatic carbocycles. The number of carbonyl (C=O) groups excluding carboxylic acids is 4. The number of aryl methyl sites for hydroxylation is 2. The first-order valence-corrected chi connectivity index (χ1v) is 26.6. The molecule has 12 atom stereocenters. The molecular weight excluding hydrogens is 1010 g/mol. The van der Waals surface area contributed by atoms with Gasteiger partial charge in [0.1, 0.15) is 12.9 Å². The van der Waals surface area contributed by atoms with Crippen molar-refractivity contribution in [2.75, 3.05) is 26.3 Å². The van der Waals surface area contributed by atoms with Gasteiger partial charge in [-0.2, -0.15) is 21.6 Å². The molecule has 2 aliphatic heterocycles. The number of ketones is 4. The number of nitrogens with one attached hydrogen (secondary N) is 1. The van der Waals surface area contributed by atoms with Gasteiger partial charge in [-0.1, -0.05) is 103 Å². The summed E-state index contributed by atoms with van der Waals surface area (Å²) in [4.78, 5) is 53.9. The van der Waals surface area contributed by atoms with Gasteiger partial charge in [0, 0.05) is 48.9 Å². The van der Waals surface area contributed by atoms with Gasteiger partial charge in [0.25, 0.3) is 0 Å². The Morgan fingerprint density at radius 2 is 1.26 bits per heavy atom. The number of Topliss-reactive ketones (excluding diaryl/α,β-unsaturated/α-hetero) is 4. The van der Waals surface area contributed by atoms with Gasteiger partial charge in [-0.15, -0.1) is 0 Å². The Morgan fingerprint density at radius 3 is 1.79 bits per heavy atom. The van der Waals surface area contributed by atoms with Crippen LogP contribution >= 0.6 is 0 Å². The molecule has 76 heavy (non-hydrogen) atoms. The molecule has 2 heterocycles. The van der Waals surface area contributed by atoms with Crippen LogP contribution in [-0.4, -0.2) is 99.9 Å². The molecule has 0 bridgehead atoms. The Hall–Kier alpha value is -5.86. The quantitative estimate of drug-likeness (QED) is 0.0961. The van der Waals surface area contributed by atoms with E-state index in [-0.39, 0.29) is 60.2 Å². The maximum Gasteiger partial charge on any atom is 0.534 e. The predicted molar refractivity (Wildman–Crippen MR) is 280 cm³/mol. The lowest BCUT2D eigenvalue weighted by Gasteiger charge is -2.48. The number of hydrogen-bond acceptors (Lipinski definition) is 14. The average molecular weight is 1070 g/mol. The third kappa shape index (κ3) is 10.7. The lowest BCUT2D eigenvalue weighted by atomic mass is 9.67. The number of allylic oxidation sites excluding steroid dienone is 2. The van der Waals surface area contributed by atoms with Crippen LogP contribution in [0, 0.1) is 31.6 Å². The summed E-state index contributed by atoms with van der Waals surface area (Å²) in [7, 11) is -2.74. The van der Waals surface area contributed by atoms with Crippen molar-refractivity contribution in [3.05, 3.63) is 141 Å². The number of anilines is 1. The van der Waals surface area contributed by atoms with Crippen LogP contribution in [0.2, 0.25) is 0 Å². The molecule has 18 heteroatoms. The highest BCUT2D eigenvalue weighted by Gasteiger charge is 2.52. The standard InChI is InChI=1S/C29H33NO5.C20H13F3O5S.C9H19NO2/c1-16-9-11-20-19(13-16)10-12-22-24(20)26(31)21-7-6-8-23(25(21)27(22)32)30-29(4)14-17(2)35-18(3)28(29)34-15-33-5;1-10-5-7-12-11(9-10)6-8-14-16(12)18(24)13-3-2-4-15(17(13)19(14)25)28-29(26,27)20(21,22)23;1-6-7(2)12-8(11-4)5-9(6,3)10/h6-13,17-18,22,24,28,30H,14-15H2,1-5H3;2-9,14,16H,1H3;6-8H,5,10H2,1-4H3/t17-,18-,22?,24?,28-,29+;;6-,7-,8+,9+/m0.0/s1. The smallest absolute Gasteiger partial charge is 0.376 e. The zero-order chi connectivity index (χ0) is 55.4. The van der Waals surface area contributed by atoms with Crippen molar-refractivity contribution >= 4 is 51.1 Å². The molecule has 3 N–H and O–H groups in total. The summed E-state index contributed by atoms with van der Waals surface area (Å²) in [5, 5.41) is 3.62. The zero-order valence-corrected chi connectivity index (χ0v) is 45.0. The van der Waals surface area contributed by atoms with Gasteiger partial charge in [0.05, 0.1) is 58.6 Å². The van der Waals surface area contributed by atoms with Crippen LogP contribution in [0.15, 0.2) is 84.9 Å².